The summed E-state index contributed by atoms with van der Waals surface area (Å²) in [6.07, 6.45) is 4.38. The maximum atomic E-state index is 13.5. The Balaban J connectivity index is 1.48. The van der Waals surface area contributed by atoms with Gasteiger partial charge in [-0.3, -0.25) is 9.80 Å². The predicted molar refractivity (Wildman–Crippen MR) is 131 cm³/mol. The lowest BCUT2D eigenvalue weighted by molar-refractivity contribution is 0.108. The summed E-state index contributed by atoms with van der Waals surface area (Å²) in [6, 6.07) is 23.6. The highest BCUT2D eigenvalue weighted by Gasteiger charge is 2.32. The Morgan fingerprint density at radius 3 is 1.97 bits per heavy atom. The van der Waals surface area contributed by atoms with Crippen molar-refractivity contribution in [2.75, 3.05) is 26.2 Å². The predicted octanol–water partition coefficient (Wildman–Crippen LogP) is 6.15. The van der Waals surface area contributed by atoms with Gasteiger partial charge in [0.15, 0.2) is 0 Å². The second-order valence-corrected chi connectivity index (χ2v) is 9.19. The maximum Gasteiger partial charge on any atom is 0.123 e. The molecule has 0 bridgehead atoms. The first-order valence-electron chi connectivity index (χ1n) is 10.4. The summed E-state index contributed by atoms with van der Waals surface area (Å²) in [7, 11) is 0. The van der Waals surface area contributed by atoms with E-state index in [1.54, 1.807) is 0 Å². The van der Waals surface area contributed by atoms with E-state index in [1.165, 1.54) is 29.8 Å². The van der Waals surface area contributed by atoms with E-state index in [9.17, 15) is 8.78 Å². The number of piperazine rings is 1. The maximum absolute atomic E-state index is 13.5. The third-order valence-electron chi connectivity index (χ3n) is 5.62. The summed E-state index contributed by atoms with van der Waals surface area (Å²) in [5, 5.41) is 0. The van der Waals surface area contributed by atoms with Crippen LogP contribution in [-0.2, 0) is 0 Å². The molecule has 0 aliphatic carbocycles. The Morgan fingerprint density at radius 1 is 0.839 bits per heavy atom. The minimum absolute atomic E-state index is 0.0369. The Bertz CT molecular complexity index is 945. The fraction of sp³-hybridized carbons (Fsp3) is 0.231. The number of rotatable bonds is 6. The fourth-order valence-corrected chi connectivity index (χ4v) is 5.19. The van der Waals surface area contributed by atoms with Gasteiger partial charge in [0.2, 0.25) is 0 Å². The van der Waals surface area contributed by atoms with Crippen molar-refractivity contribution in [3.8, 4) is 0 Å². The largest absolute Gasteiger partial charge is 0.296 e. The molecule has 0 N–H and O–H groups in total. The highest BCUT2D eigenvalue weighted by molar-refractivity contribution is 14.1. The molecule has 1 aliphatic rings. The molecular weight excluding hydrogens is 505 g/mol. The Hall–Kier alpha value is -2.09. The molecule has 31 heavy (non-hydrogen) atoms. The van der Waals surface area contributed by atoms with Crippen LogP contribution in [0, 0.1) is 11.6 Å². The van der Waals surface area contributed by atoms with E-state index in [1.807, 2.05) is 42.5 Å². The molecule has 3 aromatic rings. The summed E-state index contributed by atoms with van der Waals surface area (Å²) in [6.45, 7) is 3.66. The van der Waals surface area contributed by atoms with Crippen LogP contribution in [0.5, 0.6) is 0 Å². The van der Waals surface area contributed by atoms with Crippen LogP contribution >= 0.6 is 22.6 Å². The monoisotopic (exact) mass is 530 g/mol. The van der Waals surface area contributed by atoms with Crippen molar-refractivity contribution in [1.29, 1.82) is 0 Å². The molecule has 160 valence electrons. The molecule has 0 aromatic heterocycles. The van der Waals surface area contributed by atoms with Crippen molar-refractivity contribution in [3.63, 3.8) is 0 Å². The molecular formula is C26H25F2IN2. The summed E-state index contributed by atoms with van der Waals surface area (Å²) in [4.78, 5) is 4.87. The zero-order valence-corrected chi connectivity index (χ0v) is 19.3. The average Bonchev–Trinajstić information content (AvgIpc) is 2.78. The van der Waals surface area contributed by atoms with Crippen LogP contribution in [0.25, 0.3) is 6.08 Å². The van der Waals surface area contributed by atoms with E-state index in [0.717, 1.165) is 37.3 Å². The van der Waals surface area contributed by atoms with Crippen LogP contribution < -0.4 is 0 Å². The van der Waals surface area contributed by atoms with Gasteiger partial charge < -0.3 is 0 Å². The lowest BCUT2D eigenvalue weighted by Crippen LogP contribution is -2.51. The number of alkyl halides is 1. The van der Waals surface area contributed by atoms with Crippen LogP contribution in [0.1, 0.15) is 22.7 Å². The zero-order chi connectivity index (χ0) is 21.6. The molecule has 1 heterocycles. The van der Waals surface area contributed by atoms with Gasteiger partial charge in [-0.1, -0.05) is 89.3 Å². The normalized spacial score (nSPS) is 18.1. The Morgan fingerprint density at radius 2 is 1.42 bits per heavy atom. The van der Waals surface area contributed by atoms with Crippen LogP contribution in [0.2, 0.25) is 0 Å². The van der Waals surface area contributed by atoms with E-state index >= 15 is 0 Å². The van der Waals surface area contributed by atoms with Gasteiger partial charge in [0.25, 0.3) is 0 Å². The highest BCUT2D eigenvalue weighted by Crippen LogP contribution is 2.34. The molecule has 1 unspecified atom stereocenters. The smallest absolute Gasteiger partial charge is 0.123 e. The quantitative estimate of drug-likeness (QED) is 0.215. The molecule has 0 spiro atoms. The van der Waals surface area contributed by atoms with Crippen molar-refractivity contribution in [1.82, 2.24) is 9.80 Å². The van der Waals surface area contributed by atoms with Gasteiger partial charge in [0.05, 0.1) is 10.1 Å². The highest BCUT2D eigenvalue weighted by atomic mass is 127. The first-order valence-corrected chi connectivity index (χ1v) is 11.7. The van der Waals surface area contributed by atoms with Crippen LogP contribution in [0.4, 0.5) is 8.78 Å². The second kappa shape index (κ2) is 10.5. The molecule has 0 saturated carbocycles. The first-order chi connectivity index (χ1) is 15.1. The minimum atomic E-state index is -0.248. The molecule has 3 aromatic carbocycles. The molecule has 4 rings (SSSR count). The number of hydrogen-bond donors (Lipinski definition) is 0. The van der Waals surface area contributed by atoms with E-state index < -0.39 is 0 Å². The molecule has 1 saturated heterocycles. The van der Waals surface area contributed by atoms with Crippen LogP contribution in [0.15, 0.2) is 84.9 Å². The average molecular weight is 530 g/mol. The standard InChI is InChI=1S/C26H25F2IN2/c27-23-12-8-21(9-13-23)26(22-10-14-24(28)15-11-22)31-18-17-30(19-25(31)29)16-4-7-20-5-2-1-3-6-20/h1-15,25-26H,16-19H2. The topological polar surface area (TPSA) is 6.48 Å². The summed E-state index contributed by atoms with van der Waals surface area (Å²) in [5.74, 6) is -0.495. The molecule has 1 atom stereocenters. The van der Waals surface area contributed by atoms with Gasteiger partial charge in [-0.25, -0.2) is 8.78 Å². The minimum Gasteiger partial charge on any atom is -0.296 e. The van der Waals surface area contributed by atoms with Crippen LogP contribution in [0.3, 0.4) is 0 Å². The van der Waals surface area contributed by atoms with Crippen molar-refractivity contribution < 1.29 is 8.78 Å². The lowest BCUT2D eigenvalue weighted by atomic mass is 9.96. The molecule has 0 radical (unpaired) electrons. The van der Waals surface area contributed by atoms with Gasteiger partial charge in [-0.2, -0.15) is 0 Å². The number of hydrogen-bond acceptors (Lipinski definition) is 2. The van der Waals surface area contributed by atoms with E-state index in [4.69, 9.17) is 0 Å². The molecule has 1 aliphatic heterocycles. The number of benzene rings is 3. The summed E-state index contributed by atoms with van der Waals surface area (Å²) < 4.78 is 27.4. The lowest BCUT2D eigenvalue weighted by Gasteiger charge is -2.43. The van der Waals surface area contributed by atoms with Gasteiger partial charge in [0.1, 0.15) is 11.6 Å². The number of halogens is 3. The van der Waals surface area contributed by atoms with Crippen molar-refractivity contribution in [3.05, 3.63) is 113 Å². The fourth-order valence-electron chi connectivity index (χ4n) is 4.03. The molecule has 1 fully saturated rings. The molecule has 0 amide bonds. The third-order valence-corrected chi connectivity index (χ3v) is 6.73. The summed E-state index contributed by atoms with van der Waals surface area (Å²) in [5.41, 5.74) is 3.25. The molecule has 2 nitrogen and oxygen atoms in total. The van der Waals surface area contributed by atoms with Crippen molar-refractivity contribution >= 4 is 28.7 Å². The van der Waals surface area contributed by atoms with Gasteiger partial charge in [0, 0.05) is 26.2 Å². The third kappa shape index (κ3) is 5.79. The van der Waals surface area contributed by atoms with E-state index in [-0.39, 0.29) is 21.7 Å². The van der Waals surface area contributed by atoms with E-state index in [0.29, 0.717) is 0 Å². The van der Waals surface area contributed by atoms with Gasteiger partial charge >= 0.3 is 0 Å². The Kier molecular flexibility index (Phi) is 7.48. The first kappa shape index (κ1) is 22.1. The SMILES string of the molecule is Fc1ccc(C(c2ccc(F)cc2)N2CCN(CC=Cc3ccccc3)CC2I)cc1. The van der Waals surface area contributed by atoms with Gasteiger partial charge in [-0.15, -0.1) is 0 Å². The molecule has 5 heteroatoms. The summed E-state index contributed by atoms with van der Waals surface area (Å²) >= 11 is 2.49. The second-order valence-electron chi connectivity index (χ2n) is 7.75. The number of nitrogens with zero attached hydrogens (tertiary/aromatic N) is 2. The Labute approximate surface area is 196 Å². The van der Waals surface area contributed by atoms with Crippen LogP contribution in [-0.4, -0.2) is 40.0 Å². The zero-order valence-electron chi connectivity index (χ0n) is 17.2. The van der Waals surface area contributed by atoms with Crippen molar-refractivity contribution in [2.45, 2.75) is 10.1 Å². The van der Waals surface area contributed by atoms with Gasteiger partial charge in [-0.05, 0) is 41.0 Å². The van der Waals surface area contributed by atoms with E-state index in [2.05, 4.69) is 56.7 Å². The van der Waals surface area contributed by atoms with Crippen molar-refractivity contribution in [2.24, 2.45) is 0 Å².